The fraction of sp³-hybridized carbons (Fsp3) is 0.600. The Balaban J connectivity index is 0.000000212. The summed E-state index contributed by atoms with van der Waals surface area (Å²) in [6.45, 7) is 15.9. The van der Waals surface area contributed by atoms with Crippen LogP contribution in [0, 0.1) is 23.5 Å². The Morgan fingerprint density at radius 3 is 1.46 bits per heavy atom. The highest BCUT2D eigenvalue weighted by atomic mass is 32.2. The van der Waals surface area contributed by atoms with Gasteiger partial charge in [0.2, 0.25) is 49.6 Å². The Bertz CT molecular complexity index is 4610. The molecule has 5 saturated heterocycles. The van der Waals surface area contributed by atoms with Crippen molar-refractivity contribution in [3.8, 4) is 0 Å². The maximum absolute atomic E-state index is 14.6. The molecule has 2 aromatic rings. The number of ether oxygens (including phenoxy) is 6. The van der Waals surface area contributed by atoms with Crippen LogP contribution in [0.1, 0.15) is 147 Å². The summed E-state index contributed by atoms with van der Waals surface area (Å²) in [5.41, 5.74) is -3.56. The fourth-order valence-electron chi connectivity index (χ4n) is 15.3. The number of carbonyl (C=O) groups excluding carboxylic acids is 14. The summed E-state index contributed by atoms with van der Waals surface area (Å²) in [6, 6.07) is 2.31. The van der Waals surface area contributed by atoms with Gasteiger partial charge in [-0.15, -0.1) is 13.2 Å². The summed E-state index contributed by atoms with van der Waals surface area (Å²) in [5.74, 6) is -9.90. The summed E-state index contributed by atoms with van der Waals surface area (Å²) in [5, 5.41) is 8.81. The van der Waals surface area contributed by atoms with Gasteiger partial charge in [-0.1, -0.05) is 36.4 Å². The van der Waals surface area contributed by atoms with Crippen LogP contribution in [0.3, 0.4) is 0 Å². The van der Waals surface area contributed by atoms with Crippen molar-refractivity contribution in [2.75, 3.05) is 33.2 Å². The number of fused-ring (bicyclic) bond motifs is 4. The van der Waals surface area contributed by atoms with E-state index in [2.05, 4.69) is 43.9 Å². The molecular weight excluding hydrogens is 1560 g/mol. The zero-order chi connectivity index (χ0) is 83.5. The molecule has 40 heteroatoms. The molecule has 13 rings (SSSR count). The summed E-state index contributed by atoms with van der Waals surface area (Å²) in [6.07, 6.45) is -3.74. The number of halogens is 2. The van der Waals surface area contributed by atoms with Crippen molar-refractivity contribution in [2.24, 2.45) is 11.8 Å². The van der Waals surface area contributed by atoms with Crippen molar-refractivity contribution >= 4 is 104 Å². The third-order valence-corrected chi connectivity index (χ3v) is 25.5. The van der Waals surface area contributed by atoms with Crippen LogP contribution in [0.25, 0.3) is 0 Å². The fourth-order valence-corrected chi connectivity index (χ4v) is 18.1. The molecule has 624 valence electrons. The van der Waals surface area contributed by atoms with Gasteiger partial charge in [0.25, 0.3) is 17.7 Å². The van der Waals surface area contributed by atoms with Crippen LogP contribution in [-0.2, 0) is 123 Å². The Labute approximate surface area is 661 Å². The zero-order valence-corrected chi connectivity index (χ0v) is 66.1. The molecule has 4 aliphatic carbocycles. The van der Waals surface area contributed by atoms with E-state index in [4.69, 9.17) is 28.4 Å². The van der Waals surface area contributed by atoms with E-state index in [0.717, 1.165) is 14.7 Å². The van der Waals surface area contributed by atoms with Gasteiger partial charge in [-0.3, -0.25) is 62.4 Å². The summed E-state index contributed by atoms with van der Waals surface area (Å²) in [7, 11) is -6.67. The van der Waals surface area contributed by atoms with Gasteiger partial charge in [0.05, 0.1) is 43.2 Å². The minimum atomic E-state index is -4.00. The van der Waals surface area contributed by atoms with Gasteiger partial charge in [-0.2, -0.15) is 0 Å². The number of likely N-dealkylation sites (N-methyl/N-ethyl adjacent to an activating group) is 1. The van der Waals surface area contributed by atoms with Crippen molar-refractivity contribution in [3.63, 3.8) is 0 Å². The van der Waals surface area contributed by atoms with Gasteiger partial charge in [-0.25, -0.2) is 49.6 Å². The molecule has 4 saturated carbocycles. The molecule has 2 bridgehead atoms. The number of likely N-dealkylation sites (tertiary alicyclic amines) is 3. The Hall–Kier alpha value is -10.5. The summed E-state index contributed by atoms with van der Waals surface area (Å²) in [4.78, 5) is 195. The van der Waals surface area contributed by atoms with Gasteiger partial charge in [0, 0.05) is 88.2 Å². The molecule has 36 nitrogen and oxygen atoms in total. The number of nitrogens with one attached hydrogen (secondary N) is 6. The number of carbonyl (C=O) groups is 14. The second-order valence-electron chi connectivity index (χ2n) is 32.9. The number of alkyl carbamates (subject to hydrolysis) is 2. The molecule has 13 atom stereocenters. The van der Waals surface area contributed by atoms with Gasteiger partial charge in [0.1, 0.15) is 82.4 Å². The van der Waals surface area contributed by atoms with Crippen LogP contribution in [0.5, 0.6) is 0 Å². The van der Waals surface area contributed by atoms with E-state index < -0.39 is 221 Å². The van der Waals surface area contributed by atoms with Crippen LogP contribution in [0.15, 0.2) is 61.7 Å². The lowest BCUT2D eigenvalue weighted by Crippen LogP contribution is -2.60. The minimum absolute atomic E-state index is 0.0148. The maximum Gasteiger partial charge on any atom is 0.410 e. The van der Waals surface area contributed by atoms with Gasteiger partial charge < -0.3 is 69.3 Å². The minimum Gasteiger partial charge on any atom is -0.459 e. The molecule has 6 N–H and O–H groups in total. The average Bonchev–Trinajstić information content (AvgIpc) is 1.58. The number of benzene rings is 2. The van der Waals surface area contributed by atoms with E-state index in [0.29, 0.717) is 54.4 Å². The normalized spacial score (nSPS) is 26.7. The second-order valence-corrected chi connectivity index (χ2v) is 36.8. The number of amides is 12. The van der Waals surface area contributed by atoms with Crippen LogP contribution < -0.4 is 30.7 Å². The van der Waals surface area contributed by atoms with Crippen molar-refractivity contribution in [1.82, 2.24) is 60.1 Å². The number of hydrogen-bond donors (Lipinski definition) is 6. The number of cyclic esters (lactones) is 1. The third kappa shape index (κ3) is 18.9. The summed E-state index contributed by atoms with van der Waals surface area (Å²) < 4.78 is 117. The van der Waals surface area contributed by atoms with E-state index in [1.165, 1.54) is 58.2 Å². The molecule has 7 heterocycles. The second kappa shape index (κ2) is 32.3. The van der Waals surface area contributed by atoms with Crippen molar-refractivity contribution in [2.45, 2.75) is 239 Å². The lowest BCUT2D eigenvalue weighted by Gasteiger charge is -2.32. The maximum atomic E-state index is 14.6. The first-order valence-electron chi connectivity index (χ1n) is 38.0. The van der Waals surface area contributed by atoms with Crippen LogP contribution in [0.2, 0.25) is 0 Å². The lowest BCUT2D eigenvalue weighted by atomic mass is 10.1. The van der Waals surface area contributed by atoms with Crippen LogP contribution in [0.4, 0.5) is 28.0 Å². The Kier molecular flexibility index (Phi) is 23.5. The van der Waals surface area contributed by atoms with Gasteiger partial charge in [-0.05, 0) is 110 Å². The number of morpholine rings is 1. The Morgan fingerprint density at radius 2 is 1.07 bits per heavy atom. The molecule has 7 aliphatic heterocycles. The molecule has 0 aromatic heterocycles. The third-order valence-electron chi connectivity index (χ3n) is 21.9. The van der Waals surface area contributed by atoms with Crippen molar-refractivity contribution in [1.29, 1.82) is 0 Å². The SMILES string of the molecule is C=C[C@@H]1C[C@]1(NC(=O)[C@@H]1C[C@@H](OC(=O)N2Cc3cccc(F)c3C2)CN1C(=O)[C@H](CCC(=O)N1C[C@@H]2C[C@H]1C(=O)O2)NC(=O)OC(C)(C)C)C(=O)NS(=O)(=O)C1CC1.C=C[C@@H]1C[C@]1(NC(=O)[C@@H]1C[C@@H](OC(=O)N2Cc3cccc(F)c3C2)CN1C(=O)[C@H](CN(C)C(=O)[C@H]1CCC(=O)O1)NC(=O)OC(C)(C)C)C(=O)NS(=O)(=O)C1CC1. The quantitative estimate of drug-likeness (QED) is 0.0498. The van der Waals surface area contributed by atoms with E-state index in [-0.39, 0.29) is 97.2 Å². The predicted octanol–water partition coefficient (Wildman–Crippen LogP) is 2.09. The molecular formula is C75H94F2N12O24S2. The molecule has 2 aromatic carbocycles. The van der Waals surface area contributed by atoms with Crippen LogP contribution in [-0.4, -0.2) is 250 Å². The first-order valence-corrected chi connectivity index (χ1v) is 41.1. The highest BCUT2D eigenvalue weighted by Crippen LogP contribution is 2.47. The highest BCUT2D eigenvalue weighted by molar-refractivity contribution is 7.91. The molecule has 0 spiro atoms. The number of sulfonamides is 2. The number of esters is 2. The number of rotatable bonds is 24. The smallest absolute Gasteiger partial charge is 0.410 e. The Morgan fingerprint density at radius 1 is 0.617 bits per heavy atom. The molecule has 11 aliphatic rings. The zero-order valence-electron chi connectivity index (χ0n) is 64.4. The standard InChI is InChI=1S/C38H47FN6O12S.C37H47FN6O12S/c1-5-21-15-38(21,34(50)42-58(53,54)24-9-10-24)41-31(47)28-13-23(56-36(52)43-16-20-7-6-8-26(39)25(20)19-43)18-45(28)32(48)27(40-35(51)57-37(2,3)4)11-12-30(46)44-17-22-14-29(44)33(49)55-22;1-6-21-15-37(21,33(49)41-57(52,53)23-10-11-23)40-30(46)27-14-22(54-35(51)43-16-20-8-7-9-25(38)24(20)18-43)17-44(27)31(47)26(39-34(50)56-36(2,3)4)19-42(5)32(48)28-12-13-29(45)55-28/h5-8,21-24,27-29H,1,9-19H2,2-4H3,(H,40,51)(H,41,47)(H,42,50);6-9,21-23,26-28H,1,10-19H2,2-5H3,(H,39,50)(H,40,46)(H,41,49)/t21-,22+,23-,27+,28+,29+,38-;21-,22-,26+,27+,28-,37-/m11/s1. The first kappa shape index (κ1) is 83.9. The molecule has 0 unspecified atom stereocenters. The highest BCUT2D eigenvalue weighted by Gasteiger charge is 2.64. The van der Waals surface area contributed by atoms with Gasteiger partial charge in [0.15, 0.2) is 6.10 Å². The number of hydrogen-bond acceptors (Lipinski definition) is 24. The largest absolute Gasteiger partial charge is 0.459 e. The molecule has 0 radical (unpaired) electrons. The predicted molar refractivity (Wildman–Crippen MR) is 393 cm³/mol. The molecule has 12 amide bonds. The lowest BCUT2D eigenvalue weighted by molar-refractivity contribution is -0.157. The average molecular weight is 1650 g/mol. The monoisotopic (exact) mass is 1650 g/mol. The van der Waals surface area contributed by atoms with Crippen molar-refractivity contribution in [3.05, 3.63) is 95.6 Å². The summed E-state index contributed by atoms with van der Waals surface area (Å²) >= 11 is 0. The number of nitrogens with zero attached hydrogens (tertiary/aromatic N) is 6. The first-order chi connectivity index (χ1) is 54.0. The van der Waals surface area contributed by atoms with Gasteiger partial charge >= 0.3 is 36.3 Å². The topological polar surface area (TPSA) is 454 Å². The molecule has 115 heavy (non-hydrogen) atoms. The molecule has 9 fully saturated rings. The van der Waals surface area contributed by atoms with Crippen molar-refractivity contribution < 1.29 is 121 Å². The van der Waals surface area contributed by atoms with E-state index in [1.807, 2.05) is 0 Å². The van der Waals surface area contributed by atoms with E-state index in [9.17, 15) is 92.7 Å². The van der Waals surface area contributed by atoms with Crippen LogP contribution >= 0.6 is 0 Å². The van der Waals surface area contributed by atoms with E-state index >= 15 is 0 Å². The van der Waals surface area contributed by atoms with E-state index in [1.54, 1.807) is 53.7 Å².